The van der Waals surface area contributed by atoms with Crippen LogP contribution in [0.15, 0.2) is 48.2 Å². The molecule has 17 heavy (non-hydrogen) atoms. The third-order valence-electron chi connectivity index (χ3n) is 3.20. The molecule has 0 aromatic heterocycles. The van der Waals surface area contributed by atoms with E-state index in [1.54, 1.807) is 0 Å². The summed E-state index contributed by atoms with van der Waals surface area (Å²) in [5.41, 5.74) is 4.07. The Labute approximate surface area is 104 Å². The molecule has 0 unspecified atom stereocenters. The van der Waals surface area contributed by atoms with Crippen molar-refractivity contribution >= 4 is 5.69 Å². The number of rotatable bonds is 4. The van der Waals surface area contributed by atoms with Gasteiger partial charge in [-0.05, 0) is 43.5 Å². The van der Waals surface area contributed by atoms with Gasteiger partial charge < -0.3 is 4.90 Å². The molecule has 1 aliphatic heterocycles. The Balaban J connectivity index is 1.97. The Bertz CT molecular complexity index is 412. The lowest BCUT2D eigenvalue weighted by Gasteiger charge is -2.23. The predicted octanol–water partition coefficient (Wildman–Crippen LogP) is 4.45. The molecule has 0 spiro atoms. The van der Waals surface area contributed by atoms with Gasteiger partial charge >= 0.3 is 0 Å². The van der Waals surface area contributed by atoms with Gasteiger partial charge in [-0.15, -0.1) is 0 Å². The van der Waals surface area contributed by atoms with E-state index in [2.05, 4.69) is 61.4 Å². The van der Waals surface area contributed by atoms with Crippen LogP contribution in [0.1, 0.15) is 31.7 Å². The molecule has 0 aliphatic carbocycles. The van der Waals surface area contributed by atoms with Crippen LogP contribution in [0.25, 0.3) is 0 Å². The number of nitrogens with zero attached hydrogens (tertiary/aromatic N) is 1. The van der Waals surface area contributed by atoms with Crippen LogP contribution < -0.4 is 4.90 Å². The summed E-state index contributed by atoms with van der Waals surface area (Å²) in [4.78, 5) is 2.29. The zero-order valence-electron chi connectivity index (χ0n) is 10.8. The topological polar surface area (TPSA) is 3.24 Å². The van der Waals surface area contributed by atoms with Gasteiger partial charge in [-0.25, -0.2) is 0 Å². The zero-order valence-corrected chi connectivity index (χ0v) is 10.8. The quantitative estimate of drug-likeness (QED) is 0.734. The van der Waals surface area contributed by atoms with Gasteiger partial charge in [0.2, 0.25) is 0 Å². The molecular weight excluding hydrogens is 206 g/mol. The molecule has 0 atom stereocenters. The summed E-state index contributed by atoms with van der Waals surface area (Å²) in [6.45, 7) is 5.36. The molecule has 1 heteroatoms. The van der Waals surface area contributed by atoms with Gasteiger partial charge in [0.05, 0.1) is 0 Å². The lowest BCUT2D eigenvalue weighted by atomic mass is 10.1. The number of allylic oxidation sites excluding steroid dienone is 2. The fourth-order valence-electron chi connectivity index (χ4n) is 2.02. The van der Waals surface area contributed by atoms with Crippen molar-refractivity contribution in [2.45, 2.75) is 33.1 Å². The average Bonchev–Trinajstić information content (AvgIpc) is 2.38. The van der Waals surface area contributed by atoms with Crippen LogP contribution >= 0.6 is 0 Å². The summed E-state index contributed by atoms with van der Waals surface area (Å²) >= 11 is 0. The van der Waals surface area contributed by atoms with Crippen LogP contribution in [0.4, 0.5) is 5.69 Å². The fraction of sp³-hybridized carbons (Fsp3) is 0.375. The second-order valence-corrected chi connectivity index (χ2v) is 4.69. The molecule has 1 nitrogen and oxygen atoms in total. The SMILES string of the molecule is CCCCC1=CCN(c2ccc(C)cc2)C=C1. The average molecular weight is 227 g/mol. The largest absolute Gasteiger partial charge is 0.344 e. The van der Waals surface area contributed by atoms with Gasteiger partial charge in [0.15, 0.2) is 0 Å². The number of benzene rings is 1. The summed E-state index contributed by atoms with van der Waals surface area (Å²) < 4.78 is 0. The number of anilines is 1. The van der Waals surface area contributed by atoms with Crippen LogP contribution in [-0.2, 0) is 0 Å². The molecule has 0 amide bonds. The normalized spacial score (nSPS) is 14.9. The van der Waals surface area contributed by atoms with Gasteiger partial charge in [-0.1, -0.05) is 37.1 Å². The van der Waals surface area contributed by atoms with Crippen LogP contribution in [0.3, 0.4) is 0 Å². The van der Waals surface area contributed by atoms with Crippen LogP contribution in [0, 0.1) is 6.92 Å². The molecule has 0 radical (unpaired) electrons. The van der Waals surface area contributed by atoms with Gasteiger partial charge in [-0.3, -0.25) is 0 Å². The van der Waals surface area contributed by atoms with E-state index < -0.39 is 0 Å². The van der Waals surface area contributed by atoms with Gasteiger partial charge in [-0.2, -0.15) is 0 Å². The van der Waals surface area contributed by atoms with Crippen LogP contribution in [0.2, 0.25) is 0 Å². The minimum absolute atomic E-state index is 0.999. The number of hydrogen-bond donors (Lipinski definition) is 0. The van der Waals surface area contributed by atoms with Crippen molar-refractivity contribution in [2.75, 3.05) is 11.4 Å². The van der Waals surface area contributed by atoms with Crippen molar-refractivity contribution in [1.82, 2.24) is 0 Å². The van der Waals surface area contributed by atoms with E-state index in [1.807, 2.05) is 0 Å². The molecule has 1 aliphatic rings. The first kappa shape index (κ1) is 12.0. The summed E-state index contributed by atoms with van der Waals surface area (Å²) in [6, 6.07) is 8.70. The number of hydrogen-bond acceptors (Lipinski definition) is 1. The van der Waals surface area contributed by atoms with Crippen LogP contribution in [-0.4, -0.2) is 6.54 Å². The molecule has 1 aromatic carbocycles. The maximum Gasteiger partial charge on any atom is 0.0411 e. The van der Waals surface area contributed by atoms with E-state index in [1.165, 1.54) is 36.1 Å². The second-order valence-electron chi connectivity index (χ2n) is 4.69. The van der Waals surface area contributed by atoms with Crippen molar-refractivity contribution in [1.29, 1.82) is 0 Å². The summed E-state index contributed by atoms with van der Waals surface area (Å²) in [5, 5.41) is 0. The van der Waals surface area contributed by atoms with Gasteiger partial charge in [0.25, 0.3) is 0 Å². The molecule has 0 saturated heterocycles. The van der Waals surface area contributed by atoms with Gasteiger partial charge in [0.1, 0.15) is 0 Å². The minimum Gasteiger partial charge on any atom is -0.344 e. The Morgan fingerprint density at radius 1 is 1.18 bits per heavy atom. The molecule has 1 heterocycles. The number of aryl methyl sites for hydroxylation is 1. The maximum absolute atomic E-state index is 2.34. The number of unbranched alkanes of at least 4 members (excludes halogenated alkanes) is 1. The highest BCUT2D eigenvalue weighted by Crippen LogP contribution is 2.20. The lowest BCUT2D eigenvalue weighted by Crippen LogP contribution is -2.18. The first-order valence-corrected chi connectivity index (χ1v) is 6.50. The third-order valence-corrected chi connectivity index (χ3v) is 3.20. The zero-order chi connectivity index (χ0) is 12.1. The van der Waals surface area contributed by atoms with Crippen molar-refractivity contribution in [2.24, 2.45) is 0 Å². The van der Waals surface area contributed by atoms with E-state index in [4.69, 9.17) is 0 Å². The van der Waals surface area contributed by atoms with E-state index >= 15 is 0 Å². The fourth-order valence-corrected chi connectivity index (χ4v) is 2.02. The smallest absolute Gasteiger partial charge is 0.0411 e. The van der Waals surface area contributed by atoms with Crippen molar-refractivity contribution in [3.8, 4) is 0 Å². The highest BCUT2D eigenvalue weighted by Gasteiger charge is 2.06. The monoisotopic (exact) mass is 227 g/mol. The Morgan fingerprint density at radius 3 is 2.53 bits per heavy atom. The summed E-state index contributed by atoms with van der Waals surface area (Å²) in [7, 11) is 0. The molecule has 2 rings (SSSR count). The predicted molar refractivity (Wildman–Crippen MR) is 75.3 cm³/mol. The molecule has 90 valence electrons. The second kappa shape index (κ2) is 5.72. The van der Waals surface area contributed by atoms with Gasteiger partial charge in [0, 0.05) is 18.4 Å². The van der Waals surface area contributed by atoms with Crippen LogP contribution in [0.5, 0.6) is 0 Å². The Morgan fingerprint density at radius 2 is 1.94 bits per heavy atom. The molecule has 0 N–H and O–H groups in total. The Hall–Kier alpha value is -1.50. The van der Waals surface area contributed by atoms with Crippen molar-refractivity contribution in [3.05, 3.63) is 53.8 Å². The van der Waals surface area contributed by atoms with Crippen molar-refractivity contribution in [3.63, 3.8) is 0 Å². The van der Waals surface area contributed by atoms with Crippen molar-refractivity contribution < 1.29 is 0 Å². The summed E-state index contributed by atoms with van der Waals surface area (Å²) in [5.74, 6) is 0. The molecular formula is C16H21N. The molecule has 0 saturated carbocycles. The first-order chi connectivity index (χ1) is 8.29. The van der Waals surface area contributed by atoms with E-state index in [-0.39, 0.29) is 0 Å². The Kier molecular flexibility index (Phi) is 4.03. The summed E-state index contributed by atoms with van der Waals surface area (Å²) in [6.07, 6.45) is 10.6. The molecule has 1 aromatic rings. The standard InChI is InChI=1S/C16H21N/c1-3-4-5-15-10-12-17(13-11-15)16-8-6-14(2)7-9-16/h6-12H,3-5,13H2,1-2H3. The van der Waals surface area contributed by atoms with E-state index in [0.717, 1.165) is 6.54 Å². The first-order valence-electron chi connectivity index (χ1n) is 6.50. The lowest BCUT2D eigenvalue weighted by molar-refractivity contribution is 0.791. The highest BCUT2D eigenvalue weighted by atomic mass is 15.1. The minimum atomic E-state index is 0.999. The third kappa shape index (κ3) is 3.23. The van der Waals surface area contributed by atoms with E-state index in [9.17, 15) is 0 Å². The highest BCUT2D eigenvalue weighted by molar-refractivity contribution is 5.53. The molecule has 0 fully saturated rings. The molecule has 0 bridgehead atoms. The van der Waals surface area contributed by atoms with E-state index in [0.29, 0.717) is 0 Å². The maximum atomic E-state index is 2.34.